The Kier molecular flexibility index (Phi) is 3.97. The fourth-order valence-electron chi connectivity index (χ4n) is 3.23. The van der Waals surface area contributed by atoms with Gasteiger partial charge in [-0.1, -0.05) is 55.0 Å². The maximum atomic E-state index is 13.8. The highest BCUT2D eigenvalue weighted by molar-refractivity contribution is 5.89. The second-order valence-electron chi connectivity index (χ2n) is 6.05. The summed E-state index contributed by atoms with van der Waals surface area (Å²) >= 11 is 0. The zero-order valence-electron chi connectivity index (χ0n) is 12.8. The number of benzene rings is 2. The monoisotopic (exact) mass is 297 g/mol. The summed E-state index contributed by atoms with van der Waals surface area (Å²) < 4.78 is 13.8. The Hall–Kier alpha value is -2.16. The summed E-state index contributed by atoms with van der Waals surface area (Å²) in [5.41, 5.74) is 1.22. The van der Waals surface area contributed by atoms with Gasteiger partial charge in [-0.25, -0.2) is 4.39 Å². The highest BCUT2D eigenvalue weighted by Gasteiger charge is 2.46. The van der Waals surface area contributed by atoms with Crippen molar-refractivity contribution in [1.82, 2.24) is 4.90 Å². The second kappa shape index (κ2) is 5.91. The molecule has 3 heteroatoms. The molecule has 2 nitrogen and oxygen atoms in total. The molecule has 0 saturated heterocycles. The van der Waals surface area contributed by atoms with Crippen LogP contribution in [0.15, 0.2) is 54.6 Å². The number of hydrogen-bond acceptors (Lipinski definition) is 1. The molecule has 0 atom stereocenters. The SMILES string of the molecule is CN(Cc1ccccc1F)C(=O)C1(c2ccccc2)CCC1. The van der Waals surface area contributed by atoms with Gasteiger partial charge in [0.1, 0.15) is 5.82 Å². The molecule has 1 amide bonds. The predicted molar refractivity (Wildman–Crippen MR) is 84.8 cm³/mol. The topological polar surface area (TPSA) is 20.3 Å². The van der Waals surface area contributed by atoms with E-state index in [1.807, 2.05) is 30.3 Å². The number of likely N-dealkylation sites (N-methyl/N-ethyl adjacent to an activating group) is 1. The first-order valence-corrected chi connectivity index (χ1v) is 7.68. The Morgan fingerprint density at radius 1 is 1.09 bits per heavy atom. The summed E-state index contributed by atoms with van der Waals surface area (Å²) in [6.07, 6.45) is 2.81. The van der Waals surface area contributed by atoms with E-state index in [2.05, 4.69) is 0 Å². The van der Waals surface area contributed by atoms with Crippen LogP contribution in [0.1, 0.15) is 30.4 Å². The quantitative estimate of drug-likeness (QED) is 0.838. The zero-order chi connectivity index (χ0) is 15.6. The summed E-state index contributed by atoms with van der Waals surface area (Å²) in [5.74, 6) is -0.169. The molecule has 114 valence electrons. The van der Waals surface area contributed by atoms with Crippen LogP contribution in [0.25, 0.3) is 0 Å². The van der Waals surface area contributed by atoms with Crippen molar-refractivity contribution < 1.29 is 9.18 Å². The van der Waals surface area contributed by atoms with Crippen molar-refractivity contribution >= 4 is 5.91 Å². The van der Waals surface area contributed by atoms with Crippen molar-refractivity contribution in [3.63, 3.8) is 0 Å². The average Bonchev–Trinajstić information content (AvgIpc) is 2.49. The third-order valence-corrected chi connectivity index (χ3v) is 4.65. The van der Waals surface area contributed by atoms with Crippen LogP contribution in [-0.2, 0) is 16.8 Å². The Morgan fingerprint density at radius 3 is 2.32 bits per heavy atom. The van der Waals surface area contributed by atoms with Crippen LogP contribution in [0.3, 0.4) is 0 Å². The third kappa shape index (κ3) is 2.52. The molecule has 2 aromatic carbocycles. The molecule has 0 unspecified atom stereocenters. The summed E-state index contributed by atoms with van der Waals surface area (Å²) in [7, 11) is 1.76. The van der Waals surface area contributed by atoms with Crippen LogP contribution < -0.4 is 0 Å². The van der Waals surface area contributed by atoms with Crippen molar-refractivity contribution in [2.24, 2.45) is 0 Å². The number of halogens is 1. The lowest BCUT2D eigenvalue weighted by molar-refractivity contribution is -0.140. The normalized spacial score (nSPS) is 15.9. The largest absolute Gasteiger partial charge is 0.341 e. The van der Waals surface area contributed by atoms with Gasteiger partial charge in [-0.05, 0) is 24.5 Å². The molecule has 0 radical (unpaired) electrons. The van der Waals surface area contributed by atoms with Gasteiger partial charge in [0.15, 0.2) is 0 Å². The zero-order valence-corrected chi connectivity index (χ0v) is 12.8. The van der Waals surface area contributed by atoms with Gasteiger partial charge in [0.05, 0.1) is 5.41 Å². The maximum absolute atomic E-state index is 13.8. The van der Waals surface area contributed by atoms with E-state index in [1.165, 1.54) is 6.07 Å². The highest BCUT2D eigenvalue weighted by Crippen LogP contribution is 2.45. The molecule has 0 N–H and O–H groups in total. The Labute approximate surface area is 130 Å². The first-order chi connectivity index (χ1) is 10.6. The average molecular weight is 297 g/mol. The molecular weight excluding hydrogens is 277 g/mol. The van der Waals surface area contributed by atoms with Crippen LogP contribution in [0.4, 0.5) is 4.39 Å². The van der Waals surface area contributed by atoms with Gasteiger partial charge in [-0.3, -0.25) is 4.79 Å². The molecule has 0 heterocycles. The maximum Gasteiger partial charge on any atom is 0.233 e. The van der Waals surface area contributed by atoms with E-state index in [0.717, 1.165) is 24.8 Å². The van der Waals surface area contributed by atoms with E-state index in [-0.39, 0.29) is 11.7 Å². The van der Waals surface area contributed by atoms with Gasteiger partial charge in [-0.15, -0.1) is 0 Å². The van der Waals surface area contributed by atoms with Crippen LogP contribution in [0, 0.1) is 5.82 Å². The van der Waals surface area contributed by atoms with E-state index < -0.39 is 5.41 Å². The van der Waals surface area contributed by atoms with E-state index in [9.17, 15) is 9.18 Å². The second-order valence-corrected chi connectivity index (χ2v) is 6.05. The number of nitrogens with zero attached hydrogens (tertiary/aromatic N) is 1. The minimum absolute atomic E-state index is 0.0909. The minimum Gasteiger partial charge on any atom is -0.341 e. The number of rotatable bonds is 4. The fourth-order valence-corrected chi connectivity index (χ4v) is 3.23. The smallest absolute Gasteiger partial charge is 0.233 e. The highest BCUT2D eigenvalue weighted by atomic mass is 19.1. The summed E-state index contributed by atoms with van der Waals surface area (Å²) in [6, 6.07) is 16.6. The third-order valence-electron chi connectivity index (χ3n) is 4.65. The van der Waals surface area contributed by atoms with Crippen molar-refractivity contribution in [2.45, 2.75) is 31.2 Å². The van der Waals surface area contributed by atoms with Gasteiger partial charge in [0.2, 0.25) is 5.91 Å². The summed E-state index contributed by atoms with van der Waals surface area (Å²) in [6.45, 7) is 0.306. The molecule has 1 fully saturated rings. The summed E-state index contributed by atoms with van der Waals surface area (Å²) in [4.78, 5) is 14.6. The van der Waals surface area contributed by atoms with Crippen molar-refractivity contribution in [3.8, 4) is 0 Å². The van der Waals surface area contributed by atoms with Gasteiger partial charge >= 0.3 is 0 Å². The number of carbonyl (C=O) groups excluding carboxylic acids is 1. The fraction of sp³-hybridized carbons (Fsp3) is 0.316. The first kappa shape index (κ1) is 14.8. The number of amides is 1. The van der Waals surface area contributed by atoms with Crippen LogP contribution in [0.5, 0.6) is 0 Å². The van der Waals surface area contributed by atoms with E-state index >= 15 is 0 Å². The molecule has 0 bridgehead atoms. The molecule has 22 heavy (non-hydrogen) atoms. The van der Waals surface area contributed by atoms with Gasteiger partial charge in [0, 0.05) is 19.2 Å². The lowest BCUT2D eigenvalue weighted by Crippen LogP contribution is -2.49. The Balaban J connectivity index is 1.82. The molecule has 1 aliphatic rings. The van der Waals surface area contributed by atoms with Gasteiger partial charge in [0.25, 0.3) is 0 Å². The van der Waals surface area contributed by atoms with Crippen molar-refractivity contribution in [1.29, 1.82) is 0 Å². The first-order valence-electron chi connectivity index (χ1n) is 7.68. The molecular formula is C19H20FNO. The minimum atomic E-state index is -0.415. The molecule has 3 rings (SSSR count). The van der Waals surface area contributed by atoms with Crippen LogP contribution >= 0.6 is 0 Å². The van der Waals surface area contributed by atoms with Crippen LogP contribution in [-0.4, -0.2) is 17.9 Å². The van der Waals surface area contributed by atoms with E-state index in [4.69, 9.17) is 0 Å². The Bertz CT molecular complexity index is 664. The standard InChI is InChI=1S/C19H20FNO/c1-21(14-15-8-5-6-11-17(15)20)18(22)19(12-7-13-19)16-9-3-2-4-10-16/h2-6,8-11H,7,12-14H2,1H3. The van der Waals surface area contributed by atoms with Gasteiger partial charge in [-0.2, -0.15) is 0 Å². The molecule has 1 saturated carbocycles. The van der Waals surface area contributed by atoms with Gasteiger partial charge < -0.3 is 4.90 Å². The van der Waals surface area contributed by atoms with E-state index in [0.29, 0.717) is 12.1 Å². The molecule has 1 aliphatic carbocycles. The van der Waals surface area contributed by atoms with Crippen molar-refractivity contribution in [2.75, 3.05) is 7.05 Å². The summed E-state index contributed by atoms with van der Waals surface area (Å²) in [5, 5.41) is 0. The lowest BCUT2D eigenvalue weighted by atomic mass is 9.63. The van der Waals surface area contributed by atoms with Crippen LogP contribution in [0.2, 0.25) is 0 Å². The molecule has 0 spiro atoms. The number of carbonyl (C=O) groups is 1. The lowest BCUT2D eigenvalue weighted by Gasteiger charge is -2.43. The van der Waals surface area contributed by atoms with E-state index in [1.54, 1.807) is 30.1 Å². The predicted octanol–water partition coefficient (Wildman–Crippen LogP) is 3.91. The molecule has 0 aromatic heterocycles. The molecule has 2 aromatic rings. The Morgan fingerprint density at radius 2 is 1.73 bits per heavy atom. The van der Waals surface area contributed by atoms with Crippen molar-refractivity contribution in [3.05, 3.63) is 71.5 Å². The molecule has 0 aliphatic heterocycles. The number of hydrogen-bond donors (Lipinski definition) is 0.